The lowest BCUT2D eigenvalue weighted by atomic mass is 10.1. The van der Waals surface area contributed by atoms with Crippen molar-refractivity contribution in [3.8, 4) is 0 Å². The Morgan fingerprint density at radius 1 is 1.17 bits per heavy atom. The van der Waals surface area contributed by atoms with Crippen molar-refractivity contribution < 1.29 is 4.79 Å². The van der Waals surface area contributed by atoms with E-state index in [1.165, 1.54) is 0 Å². The van der Waals surface area contributed by atoms with Gasteiger partial charge in [0, 0.05) is 11.0 Å². The summed E-state index contributed by atoms with van der Waals surface area (Å²) in [6, 6.07) is 13.6. The van der Waals surface area contributed by atoms with Gasteiger partial charge < -0.3 is 5.32 Å². The molecule has 5 nitrogen and oxygen atoms in total. The third-order valence-corrected chi connectivity index (χ3v) is 4.11. The Morgan fingerprint density at radius 2 is 1.96 bits per heavy atom. The summed E-state index contributed by atoms with van der Waals surface area (Å²) in [5, 5.41) is 13.2. The molecule has 116 valence electrons. The van der Waals surface area contributed by atoms with Gasteiger partial charge in [0.25, 0.3) is 0 Å². The lowest BCUT2D eigenvalue weighted by Crippen LogP contribution is -2.30. The van der Waals surface area contributed by atoms with E-state index in [9.17, 15) is 4.79 Å². The van der Waals surface area contributed by atoms with E-state index < -0.39 is 0 Å². The molecule has 2 aromatic heterocycles. The number of benzene rings is 1. The van der Waals surface area contributed by atoms with Crippen LogP contribution in [0.25, 0.3) is 6.08 Å². The molecule has 1 unspecified atom stereocenters. The molecule has 0 aliphatic rings. The molecule has 2 heterocycles. The van der Waals surface area contributed by atoms with Crippen LogP contribution < -0.4 is 5.32 Å². The van der Waals surface area contributed by atoms with Crippen molar-refractivity contribution in [1.29, 1.82) is 0 Å². The molecular formula is C17H16N4OS. The Morgan fingerprint density at radius 3 is 2.65 bits per heavy atom. The van der Waals surface area contributed by atoms with Crippen LogP contribution >= 0.6 is 11.3 Å². The number of rotatable bonds is 6. The molecule has 0 bridgehead atoms. The lowest BCUT2D eigenvalue weighted by Gasteiger charge is -2.17. The molecule has 0 aliphatic heterocycles. The molecule has 6 heteroatoms. The molecule has 0 aliphatic carbocycles. The minimum absolute atomic E-state index is 0.139. The molecule has 0 spiro atoms. The van der Waals surface area contributed by atoms with Gasteiger partial charge in [-0.05, 0) is 23.1 Å². The first-order chi connectivity index (χ1) is 11.3. The number of thiophene rings is 1. The maximum atomic E-state index is 12.2. The van der Waals surface area contributed by atoms with Gasteiger partial charge in [0.2, 0.25) is 5.91 Å². The maximum absolute atomic E-state index is 12.2. The second-order valence-corrected chi connectivity index (χ2v) is 5.88. The Labute approximate surface area is 138 Å². The zero-order valence-electron chi connectivity index (χ0n) is 12.4. The minimum atomic E-state index is -0.191. The molecule has 0 saturated carbocycles. The molecule has 0 fully saturated rings. The molecule has 1 amide bonds. The highest BCUT2D eigenvalue weighted by Crippen LogP contribution is 2.15. The molecule has 1 N–H and O–H groups in total. The van der Waals surface area contributed by atoms with Crippen molar-refractivity contribution in [2.24, 2.45) is 0 Å². The van der Waals surface area contributed by atoms with Crippen molar-refractivity contribution in [3.63, 3.8) is 0 Å². The van der Waals surface area contributed by atoms with Gasteiger partial charge in [0.05, 0.1) is 25.0 Å². The molecule has 23 heavy (non-hydrogen) atoms. The normalized spacial score (nSPS) is 12.3. The molecule has 1 aromatic carbocycles. The topological polar surface area (TPSA) is 59.8 Å². The van der Waals surface area contributed by atoms with Crippen LogP contribution in [-0.2, 0) is 11.3 Å². The summed E-state index contributed by atoms with van der Waals surface area (Å²) >= 11 is 1.59. The number of hydrogen-bond acceptors (Lipinski definition) is 4. The quantitative estimate of drug-likeness (QED) is 0.709. The van der Waals surface area contributed by atoms with Crippen molar-refractivity contribution in [1.82, 2.24) is 20.3 Å². The van der Waals surface area contributed by atoms with Gasteiger partial charge in [-0.1, -0.05) is 36.4 Å². The van der Waals surface area contributed by atoms with E-state index in [-0.39, 0.29) is 11.9 Å². The van der Waals surface area contributed by atoms with Crippen LogP contribution in [0.1, 0.15) is 16.5 Å². The van der Waals surface area contributed by atoms with E-state index in [1.807, 2.05) is 53.9 Å². The van der Waals surface area contributed by atoms with E-state index in [2.05, 4.69) is 15.5 Å². The highest BCUT2D eigenvalue weighted by Gasteiger charge is 2.14. The standard InChI is InChI=1S/C17H16N4OS/c22-17(9-8-15-7-4-12-23-15)20-16(13-21-18-10-11-19-21)14-5-2-1-3-6-14/h1-12,16H,13H2,(H,20,22)/b9-8+. The Kier molecular flexibility index (Phi) is 4.95. The molecular weight excluding hydrogens is 308 g/mol. The summed E-state index contributed by atoms with van der Waals surface area (Å²) in [6.45, 7) is 0.482. The predicted octanol–water partition coefficient (Wildman–Crippen LogP) is 2.91. The third-order valence-electron chi connectivity index (χ3n) is 3.27. The lowest BCUT2D eigenvalue weighted by molar-refractivity contribution is -0.117. The van der Waals surface area contributed by atoms with Gasteiger partial charge in [-0.3, -0.25) is 4.79 Å². The van der Waals surface area contributed by atoms with E-state index in [4.69, 9.17) is 0 Å². The van der Waals surface area contributed by atoms with Crippen LogP contribution in [0.2, 0.25) is 0 Å². The summed E-state index contributed by atoms with van der Waals surface area (Å²) in [7, 11) is 0. The number of nitrogens with one attached hydrogen (secondary N) is 1. The smallest absolute Gasteiger partial charge is 0.244 e. The predicted molar refractivity (Wildman–Crippen MR) is 90.7 cm³/mol. The maximum Gasteiger partial charge on any atom is 0.244 e. The van der Waals surface area contributed by atoms with E-state index >= 15 is 0 Å². The van der Waals surface area contributed by atoms with Gasteiger partial charge in [-0.2, -0.15) is 15.0 Å². The average Bonchev–Trinajstić information content (AvgIpc) is 3.27. The number of nitrogens with zero attached hydrogens (tertiary/aromatic N) is 3. The molecule has 3 aromatic rings. The van der Waals surface area contributed by atoms with Crippen molar-refractivity contribution in [3.05, 3.63) is 76.8 Å². The van der Waals surface area contributed by atoms with Crippen LogP contribution in [0.4, 0.5) is 0 Å². The van der Waals surface area contributed by atoms with Crippen LogP contribution in [-0.4, -0.2) is 20.9 Å². The number of carbonyl (C=O) groups is 1. The molecule has 3 rings (SSSR count). The minimum Gasteiger partial charge on any atom is -0.344 e. The Bertz CT molecular complexity index is 751. The third kappa shape index (κ3) is 4.37. The summed E-state index contributed by atoms with van der Waals surface area (Å²) in [4.78, 5) is 14.8. The van der Waals surface area contributed by atoms with Crippen LogP contribution in [0.3, 0.4) is 0 Å². The fraction of sp³-hybridized carbons (Fsp3) is 0.118. The number of aromatic nitrogens is 3. The SMILES string of the molecule is O=C(/C=C/c1cccs1)NC(Cn1nccn1)c1ccccc1. The number of carbonyl (C=O) groups excluding carboxylic acids is 1. The molecule has 1 atom stereocenters. The Hall–Kier alpha value is -2.73. The highest BCUT2D eigenvalue weighted by atomic mass is 32.1. The highest BCUT2D eigenvalue weighted by molar-refractivity contribution is 7.10. The van der Waals surface area contributed by atoms with Gasteiger partial charge in [0.1, 0.15) is 0 Å². The van der Waals surface area contributed by atoms with Crippen LogP contribution in [0.5, 0.6) is 0 Å². The van der Waals surface area contributed by atoms with Crippen LogP contribution in [0, 0.1) is 0 Å². The zero-order chi connectivity index (χ0) is 15.9. The number of hydrogen-bond donors (Lipinski definition) is 1. The number of amides is 1. The first kappa shape index (κ1) is 15.2. The van der Waals surface area contributed by atoms with E-state index in [0.29, 0.717) is 6.54 Å². The second kappa shape index (κ2) is 7.51. The van der Waals surface area contributed by atoms with Gasteiger partial charge >= 0.3 is 0 Å². The van der Waals surface area contributed by atoms with Crippen molar-refractivity contribution in [2.75, 3.05) is 0 Å². The van der Waals surface area contributed by atoms with E-state index in [0.717, 1.165) is 10.4 Å². The first-order valence-electron chi connectivity index (χ1n) is 7.22. The van der Waals surface area contributed by atoms with Gasteiger partial charge in [-0.25, -0.2) is 0 Å². The largest absolute Gasteiger partial charge is 0.344 e. The van der Waals surface area contributed by atoms with Gasteiger partial charge in [-0.15, -0.1) is 11.3 Å². The summed E-state index contributed by atoms with van der Waals surface area (Å²) < 4.78 is 0. The average molecular weight is 324 g/mol. The fourth-order valence-electron chi connectivity index (χ4n) is 2.18. The summed E-state index contributed by atoms with van der Waals surface area (Å²) in [6.07, 6.45) is 6.62. The van der Waals surface area contributed by atoms with Gasteiger partial charge in [0.15, 0.2) is 0 Å². The molecule has 0 radical (unpaired) electrons. The van der Waals surface area contributed by atoms with Crippen molar-refractivity contribution >= 4 is 23.3 Å². The second-order valence-electron chi connectivity index (χ2n) is 4.90. The summed E-state index contributed by atoms with van der Waals surface area (Å²) in [5.74, 6) is -0.139. The molecule has 0 saturated heterocycles. The zero-order valence-corrected chi connectivity index (χ0v) is 13.2. The Balaban J connectivity index is 1.71. The fourth-order valence-corrected chi connectivity index (χ4v) is 2.80. The summed E-state index contributed by atoms with van der Waals surface area (Å²) in [5.41, 5.74) is 1.02. The van der Waals surface area contributed by atoms with Crippen LogP contribution in [0.15, 0.2) is 66.3 Å². The van der Waals surface area contributed by atoms with Crippen molar-refractivity contribution in [2.45, 2.75) is 12.6 Å². The monoisotopic (exact) mass is 324 g/mol. The van der Waals surface area contributed by atoms with E-state index in [1.54, 1.807) is 34.6 Å². The first-order valence-corrected chi connectivity index (χ1v) is 8.10.